The van der Waals surface area contributed by atoms with Crippen LogP contribution in [0.2, 0.25) is 0 Å². The number of rotatable bonds is 4. The minimum Gasteiger partial charge on any atom is -1.00 e. The van der Waals surface area contributed by atoms with E-state index in [1.54, 1.807) is 21.8 Å². The summed E-state index contributed by atoms with van der Waals surface area (Å²) in [6.45, 7) is 19.8. The third-order valence-corrected chi connectivity index (χ3v) is 17.2. The molecular formula is C28H36Cl2P2Zr. The van der Waals surface area contributed by atoms with Gasteiger partial charge in [-0.15, -0.1) is 0 Å². The summed E-state index contributed by atoms with van der Waals surface area (Å²) in [5, 5.41) is 4.17. The molecule has 0 spiro atoms. The maximum absolute atomic E-state index is 2.62. The molecule has 0 radical (unpaired) electrons. The van der Waals surface area contributed by atoms with Gasteiger partial charge in [-0.25, -0.2) is 0 Å². The van der Waals surface area contributed by atoms with Gasteiger partial charge < -0.3 is 24.8 Å². The van der Waals surface area contributed by atoms with E-state index in [1.165, 1.54) is 11.1 Å². The first-order chi connectivity index (χ1) is 14.5. The number of benzene rings is 2. The van der Waals surface area contributed by atoms with Gasteiger partial charge in [-0.2, -0.15) is 0 Å². The predicted octanol–water partition coefficient (Wildman–Crippen LogP) is 3.09. The molecule has 0 nitrogen and oxygen atoms in total. The van der Waals surface area contributed by atoms with E-state index in [2.05, 4.69) is 116 Å². The van der Waals surface area contributed by atoms with Crippen LogP contribution in [0.3, 0.4) is 0 Å². The summed E-state index contributed by atoms with van der Waals surface area (Å²) in [5.74, 6) is 0. The first-order valence-corrected chi connectivity index (χ1v) is 17.7. The van der Waals surface area contributed by atoms with E-state index in [0.717, 1.165) is 3.63 Å². The molecule has 176 valence electrons. The number of hydrogen-bond donors (Lipinski definition) is 0. The minimum absolute atomic E-state index is 0. The second kappa shape index (κ2) is 11.1. The van der Waals surface area contributed by atoms with E-state index in [-0.39, 0.29) is 40.7 Å². The minimum atomic E-state index is -0.825. The van der Waals surface area contributed by atoms with Gasteiger partial charge in [0.05, 0.1) is 0 Å². The molecule has 2 aromatic rings. The molecule has 4 rings (SSSR count). The fraction of sp³-hybridized carbons (Fsp3) is 0.429. The molecule has 0 aromatic heterocycles. The zero-order valence-electron chi connectivity index (χ0n) is 21.1. The average molecular weight is 597 g/mol. The van der Waals surface area contributed by atoms with Crippen LogP contribution in [0.15, 0.2) is 59.2 Å². The zero-order valence-corrected chi connectivity index (χ0v) is 26.8. The van der Waals surface area contributed by atoms with Gasteiger partial charge >= 0.3 is 205 Å². The Bertz CT molecular complexity index is 1030. The van der Waals surface area contributed by atoms with Crippen LogP contribution in [0, 0.1) is 0 Å². The second-order valence-electron chi connectivity index (χ2n) is 11.0. The third-order valence-electron chi connectivity index (χ3n) is 6.26. The predicted molar refractivity (Wildman–Crippen MR) is 140 cm³/mol. The molecule has 2 aliphatic rings. The first-order valence-electron chi connectivity index (χ1n) is 11.3. The van der Waals surface area contributed by atoms with Crippen LogP contribution in [0.4, 0.5) is 0 Å². The van der Waals surface area contributed by atoms with E-state index >= 15 is 0 Å². The molecule has 2 unspecified atom stereocenters. The van der Waals surface area contributed by atoms with Gasteiger partial charge in [-0.3, -0.25) is 0 Å². The maximum atomic E-state index is 2.62. The van der Waals surface area contributed by atoms with Gasteiger partial charge in [0.25, 0.3) is 0 Å². The maximum Gasteiger partial charge on any atom is -1.00 e. The van der Waals surface area contributed by atoms with Gasteiger partial charge in [0.15, 0.2) is 0 Å². The Morgan fingerprint density at radius 3 is 1.45 bits per heavy atom. The fourth-order valence-corrected chi connectivity index (χ4v) is 18.8. The van der Waals surface area contributed by atoms with Crippen molar-refractivity contribution in [3.05, 3.63) is 81.4 Å². The van der Waals surface area contributed by atoms with Crippen molar-refractivity contribution in [2.24, 2.45) is 0 Å². The van der Waals surface area contributed by atoms with Crippen molar-refractivity contribution >= 4 is 28.0 Å². The van der Waals surface area contributed by atoms with Crippen LogP contribution >= 0.6 is 15.8 Å². The van der Waals surface area contributed by atoms with Crippen LogP contribution in [0.1, 0.15) is 71.0 Å². The van der Waals surface area contributed by atoms with Gasteiger partial charge in [0.2, 0.25) is 0 Å². The molecule has 2 atom stereocenters. The molecule has 0 heterocycles. The van der Waals surface area contributed by atoms with Crippen molar-refractivity contribution in [3.8, 4) is 0 Å². The molecule has 0 N–H and O–H groups in total. The summed E-state index contributed by atoms with van der Waals surface area (Å²) >= 11 is -0.825. The van der Waals surface area contributed by atoms with Crippen LogP contribution in [-0.4, -0.2) is 23.6 Å². The summed E-state index contributed by atoms with van der Waals surface area (Å²) in [6.07, 6.45) is 5.17. The van der Waals surface area contributed by atoms with Crippen LogP contribution in [-0.2, 0) is 23.2 Å². The number of allylic oxidation sites excluding steroid dienone is 2. The summed E-state index contributed by atoms with van der Waals surface area (Å²) in [4.78, 5) is 0. The molecule has 33 heavy (non-hydrogen) atoms. The van der Waals surface area contributed by atoms with Gasteiger partial charge in [-0.05, 0) is 0 Å². The molecule has 0 amide bonds. The van der Waals surface area contributed by atoms with E-state index in [9.17, 15) is 0 Å². The SMILES string of the molecule is CP(C)C1=Cc2ccccc2[CH]1[Zr+2][CH]1C(P(C(C)(C)C)C(C)(C)C)=Cc2ccccc21.[Cl-].[Cl-]. The molecule has 5 heteroatoms. The third kappa shape index (κ3) is 5.98. The monoisotopic (exact) mass is 594 g/mol. The Kier molecular flexibility index (Phi) is 9.92. The van der Waals surface area contributed by atoms with E-state index in [1.807, 2.05) is 0 Å². The van der Waals surface area contributed by atoms with Gasteiger partial charge in [0.1, 0.15) is 0 Å². The van der Waals surface area contributed by atoms with E-state index < -0.39 is 23.2 Å². The first kappa shape index (κ1) is 29.5. The molecule has 2 aliphatic carbocycles. The molecule has 0 aliphatic heterocycles. The van der Waals surface area contributed by atoms with E-state index in [4.69, 9.17) is 0 Å². The number of hydrogen-bond acceptors (Lipinski definition) is 0. The Balaban J connectivity index is 0.00000193. The zero-order chi connectivity index (χ0) is 22.6. The molecule has 2 aromatic carbocycles. The van der Waals surface area contributed by atoms with Crippen molar-refractivity contribution in [3.63, 3.8) is 0 Å². The van der Waals surface area contributed by atoms with Crippen molar-refractivity contribution in [1.29, 1.82) is 0 Å². The molecule has 0 fully saturated rings. The van der Waals surface area contributed by atoms with Crippen molar-refractivity contribution in [1.82, 2.24) is 0 Å². The molecular weight excluding hydrogens is 560 g/mol. The molecule has 0 saturated carbocycles. The summed E-state index contributed by atoms with van der Waals surface area (Å²) in [6, 6.07) is 18.5. The van der Waals surface area contributed by atoms with Crippen LogP contribution in [0.5, 0.6) is 0 Å². The normalized spacial score (nSPS) is 19.2. The van der Waals surface area contributed by atoms with Crippen LogP contribution in [0.25, 0.3) is 12.2 Å². The average Bonchev–Trinajstić information content (AvgIpc) is 3.19. The Labute approximate surface area is 228 Å². The second-order valence-corrected chi connectivity index (χ2v) is 20.8. The molecule has 0 bridgehead atoms. The quantitative estimate of drug-likeness (QED) is 0.477. The van der Waals surface area contributed by atoms with Crippen molar-refractivity contribution in [2.75, 3.05) is 13.3 Å². The topological polar surface area (TPSA) is 0 Å². The summed E-state index contributed by atoms with van der Waals surface area (Å²) < 4.78 is 1.41. The largest absolute Gasteiger partial charge is 1.00 e. The van der Waals surface area contributed by atoms with Crippen molar-refractivity contribution < 1.29 is 48.0 Å². The van der Waals surface area contributed by atoms with Crippen molar-refractivity contribution in [2.45, 2.75) is 59.1 Å². The number of fused-ring (bicyclic) bond motifs is 2. The standard InChI is InChI=1S/C17H24P.C11H12P.2ClH.Zr/c1-16(2,3)18(17(4,5)6)15-11-13-9-7-8-10-14(13)12-15;1-12(2)11-7-9-5-3-4-6-10(9)8-11;;;/h7-12H,1-6H3;3-8H,1-2H3;2*1H;/q;;;;+2/p-2. The Hall–Kier alpha value is 0.243. The van der Waals surface area contributed by atoms with Gasteiger partial charge in [-0.1, -0.05) is 0 Å². The summed E-state index contributed by atoms with van der Waals surface area (Å²) in [5.41, 5.74) is 6.24. The summed E-state index contributed by atoms with van der Waals surface area (Å²) in [7, 11) is -0.317. The van der Waals surface area contributed by atoms with Crippen LogP contribution < -0.4 is 24.8 Å². The smallest absolute Gasteiger partial charge is 1.00 e. The Morgan fingerprint density at radius 2 is 1.03 bits per heavy atom. The molecule has 0 saturated heterocycles. The van der Waals surface area contributed by atoms with E-state index in [0.29, 0.717) is 13.9 Å². The number of halogens is 2. The fourth-order valence-electron chi connectivity index (χ4n) is 5.49. The van der Waals surface area contributed by atoms with Gasteiger partial charge in [0, 0.05) is 0 Å². The Morgan fingerprint density at radius 1 is 0.636 bits per heavy atom.